The Morgan fingerprint density at radius 1 is 0.864 bits per heavy atom. The fraction of sp³-hybridized carbons (Fsp3) is 0.150. The van der Waals surface area contributed by atoms with Crippen LogP contribution in [0.1, 0.15) is 16.8 Å². The number of pyridine rings is 1. The Morgan fingerprint density at radius 2 is 1.64 bits per heavy atom. The molecule has 0 amide bonds. The number of anilines is 1. The summed E-state index contributed by atoms with van der Waals surface area (Å²) in [7, 11) is 4.09. The Hall–Kier alpha value is -2.61. The lowest BCUT2D eigenvalue weighted by Crippen LogP contribution is -2.07. The van der Waals surface area contributed by atoms with Crippen molar-refractivity contribution in [3.8, 4) is 0 Å². The monoisotopic (exact) mass is 288 g/mol. The first-order valence-corrected chi connectivity index (χ1v) is 7.45. The van der Waals surface area contributed by atoms with Gasteiger partial charge in [0.1, 0.15) is 0 Å². The van der Waals surface area contributed by atoms with Gasteiger partial charge in [0.2, 0.25) is 0 Å². The maximum Gasteiger partial charge on any atom is 0.0709 e. The first-order chi connectivity index (χ1) is 10.6. The number of fused-ring (bicyclic) bond motifs is 1. The number of nitrogens with zero attached hydrogens (tertiary/aromatic N) is 2. The summed E-state index contributed by atoms with van der Waals surface area (Å²) in [4.78, 5) is 6.78. The van der Waals surface area contributed by atoms with Crippen molar-refractivity contribution in [2.45, 2.75) is 6.92 Å². The van der Waals surface area contributed by atoms with Gasteiger partial charge in [-0.3, -0.25) is 0 Å². The molecule has 2 nitrogen and oxygen atoms in total. The van der Waals surface area contributed by atoms with Crippen LogP contribution < -0.4 is 4.90 Å². The Morgan fingerprint density at radius 3 is 2.36 bits per heavy atom. The molecule has 0 aliphatic heterocycles. The number of rotatable bonds is 3. The topological polar surface area (TPSA) is 16.1 Å². The summed E-state index contributed by atoms with van der Waals surface area (Å²) in [6.45, 7) is 2.10. The first-order valence-electron chi connectivity index (χ1n) is 7.45. The van der Waals surface area contributed by atoms with Crippen molar-refractivity contribution in [3.63, 3.8) is 0 Å². The van der Waals surface area contributed by atoms with E-state index in [4.69, 9.17) is 0 Å². The predicted octanol–water partition coefficient (Wildman–Crippen LogP) is 4.78. The van der Waals surface area contributed by atoms with Gasteiger partial charge in [-0.1, -0.05) is 35.9 Å². The number of aryl methyl sites for hydroxylation is 1. The third-order valence-corrected chi connectivity index (χ3v) is 3.72. The molecule has 3 aromatic rings. The number of hydrogen-bond acceptors (Lipinski definition) is 2. The highest BCUT2D eigenvalue weighted by Gasteiger charge is 1.97. The fourth-order valence-electron chi connectivity index (χ4n) is 2.42. The molecule has 22 heavy (non-hydrogen) atoms. The van der Waals surface area contributed by atoms with Crippen molar-refractivity contribution in [3.05, 3.63) is 71.4 Å². The highest BCUT2D eigenvalue weighted by Crippen LogP contribution is 2.17. The largest absolute Gasteiger partial charge is 0.378 e. The molecule has 0 saturated carbocycles. The summed E-state index contributed by atoms with van der Waals surface area (Å²) in [5.41, 5.74) is 5.66. The van der Waals surface area contributed by atoms with Crippen molar-refractivity contribution in [1.29, 1.82) is 0 Å². The van der Waals surface area contributed by atoms with Crippen LogP contribution in [0.2, 0.25) is 0 Å². The van der Waals surface area contributed by atoms with E-state index in [0.29, 0.717) is 0 Å². The number of hydrogen-bond donors (Lipinski definition) is 0. The van der Waals surface area contributed by atoms with E-state index in [1.165, 1.54) is 22.2 Å². The molecular formula is C20H20N2. The van der Waals surface area contributed by atoms with E-state index in [9.17, 15) is 0 Å². The standard InChI is InChI=1S/C20H20N2/c1-15-4-13-20-17(14-15)8-10-18(21-20)9-5-16-6-11-19(12-7-16)22(2)3/h4-14H,1-3H3. The normalized spacial score (nSPS) is 11.2. The average molecular weight is 288 g/mol. The van der Waals surface area contributed by atoms with E-state index in [-0.39, 0.29) is 0 Å². The highest BCUT2D eigenvalue weighted by atomic mass is 15.1. The summed E-state index contributed by atoms with van der Waals surface area (Å²) in [5.74, 6) is 0. The van der Waals surface area contributed by atoms with Crippen molar-refractivity contribution in [2.75, 3.05) is 19.0 Å². The molecule has 0 radical (unpaired) electrons. The summed E-state index contributed by atoms with van der Waals surface area (Å²) < 4.78 is 0. The zero-order valence-corrected chi connectivity index (χ0v) is 13.2. The second-order valence-electron chi connectivity index (χ2n) is 5.75. The summed E-state index contributed by atoms with van der Waals surface area (Å²) in [5, 5.41) is 1.19. The van der Waals surface area contributed by atoms with Crippen LogP contribution in [0.15, 0.2) is 54.6 Å². The third-order valence-electron chi connectivity index (χ3n) is 3.72. The minimum Gasteiger partial charge on any atom is -0.378 e. The molecule has 0 aliphatic rings. The fourth-order valence-corrected chi connectivity index (χ4v) is 2.42. The Kier molecular flexibility index (Phi) is 3.92. The summed E-state index contributed by atoms with van der Waals surface area (Å²) in [6.07, 6.45) is 4.16. The van der Waals surface area contributed by atoms with Crippen molar-refractivity contribution in [1.82, 2.24) is 4.98 Å². The number of aromatic nitrogens is 1. The van der Waals surface area contributed by atoms with Crippen LogP contribution in [0.3, 0.4) is 0 Å². The van der Waals surface area contributed by atoms with Crippen LogP contribution in [0.25, 0.3) is 23.1 Å². The highest BCUT2D eigenvalue weighted by molar-refractivity contribution is 5.81. The lowest BCUT2D eigenvalue weighted by Gasteiger charge is -2.11. The van der Waals surface area contributed by atoms with Crippen molar-refractivity contribution >= 4 is 28.7 Å². The minimum atomic E-state index is 0.980. The molecule has 0 aliphatic carbocycles. The average Bonchev–Trinajstić information content (AvgIpc) is 2.53. The van der Waals surface area contributed by atoms with Crippen LogP contribution in [0.4, 0.5) is 5.69 Å². The van der Waals surface area contributed by atoms with Gasteiger partial charge >= 0.3 is 0 Å². The quantitative estimate of drug-likeness (QED) is 0.689. The smallest absolute Gasteiger partial charge is 0.0709 e. The van der Waals surface area contributed by atoms with E-state index in [1.807, 2.05) is 14.1 Å². The lowest BCUT2D eigenvalue weighted by atomic mass is 10.1. The van der Waals surface area contributed by atoms with Crippen LogP contribution in [0.5, 0.6) is 0 Å². The second-order valence-corrected chi connectivity index (χ2v) is 5.75. The maximum atomic E-state index is 4.68. The Bertz CT molecular complexity index is 815. The van der Waals surface area contributed by atoms with Gasteiger partial charge in [-0.25, -0.2) is 4.98 Å². The van der Waals surface area contributed by atoms with E-state index >= 15 is 0 Å². The molecule has 0 N–H and O–H groups in total. The molecule has 2 aromatic carbocycles. The Labute approximate surface area is 131 Å². The van der Waals surface area contributed by atoms with E-state index in [2.05, 4.69) is 83.6 Å². The van der Waals surface area contributed by atoms with Crippen LogP contribution in [-0.2, 0) is 0 Å². The zero-order valence-electron chi connectivity index (χ0n) is 13.2. The molecule has 1 heterocycles. The van der Waals surface area contributed by atoms with Gasteiger partial charge < -0.3 is 4.90 Å². The van der Waals surface area contributed by atoms with Crippen LogP contribution in [0, 0.1) is 6.92 Å². The molecule has 110 valence electrons. The molecule has 0 spiro atoms. The van der Waals surface area contributed by atoms with Gasteiger partial charge in [0.15, 0.2) is 0 Å². The van der Waals surface area contributed by atoms with E-state index < -0.39 is 0 Å². The first kappa shape index (κ1) is 14.3. The molecule has 0 fully saturated rings. The molecule has 0 saturated heterocycles. The van der Waals surface area contributed by atoms with E-state index in [0.717, 1.165) is 11.2 Å². The van der Waals surface area contributed by atoms with Gasteiger partial charge in [-0.15, -0.1) is 0 Å². The van der Waals surface area contributed by atoms with Gasteiger partial charge in [-0.2, -0.15) is 0 Å². The van der Waals surface area contributed by atoms with Gasteiger partial charge in [-0.05, 0) is 48.9 Å². The maximum absolute atomic E-state index is 4.68. The minimum absolute atomic E-state index is 0.980. The van der Waals surface area contributed by atoms with Crippen LogP contribution >= 0.6 is 0 Å². The molecule has 3 rings (SSSR count). The van der Waals surface area contributed by atoms with Crippen LogP contribution in [-0.4, -0.2) is 19.1 Å². The van der Waals surface area contributed by atoms with Gasteiger partial charge in [0, 0.05) is 25.2 Å². The summed E-state index contributed by atoms with van der Waals surface area (Å²) in [6, 6.07) is 19.0. The molecular weight excluding hydrogens is 268 g/mol. The predicted molar refractivity (Wildman–Crippen MR) is 96.2 cm³/mol. The third kappa shape index (κ3) is 3.17. The zero-order chi connectivity index (χ0) is 15.5. The summed E-state index contributed by atoms with van der Waals surface area (Å²) >= 11 is 0. The second kappa shape index (κ2) is 6.02. The van der Waals surface area contributed by atoms with Crippen molar-refractivity contribution in [2.24, 2.45) is 0 Å². The Balaban J connectivity index is 1.84. The molecule has 1 aromatic heterocycles. The molecule has 0 bridgehead atoms. The van der Waals surface area contributed by atoms with Gasteiger partial charge in [0.05, 0.1) is 11.2 Å². The molecule has 0 unspecified atom stereocenters. The lowest BCUT2D eigenvalue weighted by molar-refractivity contribution is 1.13. The van der Waals surface area contributed by atoms with Gasteiger partial charge in [0.25, 0.3) is 0 Å². The SMILES string of the molecule is Cc1ccc2nc(C=Cc3ccc(N(C)C)cc3)ccc2c1. The molecule has 2 heteroatoms. The van der Waals surface area contributed by atoms with E-state index in [1.54, 1.807) is 0 Å². The molecule has 0 atom stereocenters. The number of benzene rings is 2. The van der Waals surface area contributed by atoms with Crippen molar-refractivity contribution < 1.29 is 0 Å².